The molecule has 0 aliphatic rings. The fourth-order valence-electron chi connectivity index (χ4n) is 1.41. The van der Waals surface area contributed by atoms with Crippen molar-refractivity contribution < 1.29 is 8.42 Å². The Labute approximate surface area is 100 Å². The van der Waals surface area contributed by atoms with Gasteiger partial charge in [0.1, 0.15) is 0 Å². The average Bonchev–Trinajstić information content (AvgIpc) is 2.79. The summed E-state index contributed by atoms with van der Waals surface area (Å²) in [6.07, 6.45) is 6.42. The molecule has 1 N–H and O–H groups in total. The molecule has 0 radical (unpaired) electrons. The number of rotatable bonds is 4. The largest absolute Gasteiger partial charge is 0.306 e. The molecule has 17 heavy (non-hydrogen) atoms. The van der Waals surface area contributed by atoms with Crippen molar-refractivity contribution in [2.45, 2.75) is 6.54 Å². The number of imidazole rings is 1. The Morgan fingerprint density at radius 2 is 2.00 bits per heavy atom. The summed E-state index contributed by atoms with van der Waals surface area (Å²) in [5, 5.41) is 0. The van der Waals surface area contributed by atoms with Crippen LogP contribution >= 0.6 is 0 Å². The molecule has 5 nitrogen and oxygen atoms in total. The number of nitrogens with one attached hydrogen (secondary N) is 1. The van der Waals surface area contributed by atoms with Crippen molar-refractivity contribution >= 4 is 10.0 Å². The van der Waals surface area contributed by atoms with E-state index in [1.165, 1.54) is 0 Å². The van der Waals surface area contributed by atoms with E-state index in [-0.39, 0.29) is 0 Å². The predicted octanol–water partition coefficient (Wildman–Crippen LogP) is 0.921. The maximum atomic E-state index is 10.9. The Bertz CT molecular complexity index is 574. The van der Waals surface area contributed by atoms with Gasteiger partial charge >= 0.3 is 0 Å². The second-order valence-corrected chi connectivity index (χ2v) is 5.56. The molecular weight excluding hydrogens is 238 g/mol. The highest BCUT2D eigenvalue weighted by atomic mass is 32.2. The van der Waals surface area contributed by atoms with Gasteiger partial charge in [0, 0.05) is 24.6 Å². The maximum absolute atomic E-state index is 10.9. The van der Waals surface area contributed by atoms with Gasteiger partial charge in [0.25, 0.3) is 0 Å². The summed E-state index contributed by atoms with van der Waals surface area (Å²) in [6.45, 7) is 0.309. The first kappa shape index (κ1) is 11.8. The lowest BCUT2D eigenvalue weighted by molar-refractivity contribution is 0.587. The fraction of sp³-hybridized carbons (Fsp3) is 0.182. The molecule has 0 saturated carbocycles. The van der Waals surface area contributed by atoms with Crippen molar-refractivity contribution in [3.63, 3.8) is 0 Å². The first-order valence-corrected chi connectivity index (χ1v) is 6.96. The van der Waals surface area contributed by atoms with E-state index in [2.05, 4.69) is 9.71 Å². The minimum Gasteiger partial charge on any atom is -0.306 e. The first-order chi connectivity index (χ1) is 8.04. The summed E-state index contributed by atoms with van der Waals surface area (Å²) < 4.78 is 26.2. The van der Waals surface area contributed by atoms with Crippen LogP contribution in [0.3, 0.4) is 0 Å². The van der Waals surface area contributed by atoms with Gasteiger partial charge in [-0.3, -0.25) is 0 Å². The molecule has 0 aliphatic carbocycles. The van der Waals surface area contributed by atoms with Crippen LogP contribution in [0, 0.1) is 0 Å². The molecule has 1 aromatic carbocycles. The number of hydrogen-bond acceptors (Lipinski definition) is 3. The van der Waals surface area contributed by atoms with E-state index in [4.69, 9.17) is 0 Å². The zero-order chi connectivity index (χ0) is 12.3. The quantitative estimate of drug-likeness (QED) is 0.879. The van der Waals surface area contributed by atoms with E-state index in [9.17, 15) is 8.42 Å². The Morgan fingerprint density at radius 3 is 2.53 bits per heavy atom. The number of aromatic nitrogens is 2. The minimum absolute atomic E-state index is 0.309. The molecule has 1 aromatic heterocycles. The number of nitrogens with zero attached hydrogens (tertiary/aromatic N) is 2. The van der Waals surface area contributed by atoms with Gasteiger partial charge in [-0.15, -0.1) is 0 Å². The van der Waals surface area contributed by atoms with Crippen LogP contribution in [0.15, 0.2) is 43.0 Å². The van der Waals surface area contributed by atoms with Crippen LogP contribution in [-0.4, -0.2) is 24.2 Å². The van der Waals surface area contributed by atoms with Crippen LogP contribution in [0.5, 0.6) is 0 Å². The zero-order valence-electron chi connectivity index (χ0n) is 9.37. The lowest BCUT2D eigenvalue weighted by Gasteiger charge is -2.05. The molecule has 0 bridgehead atoms. The van der Waals surface area contributed by atoms with Crippen LogP contribution in [0.25, 0.3) is 5.69 Å². The third-order valence-electron chi connectivity index (χ3n) is 2.28. The van der Waals surface area contributed by atoms with Crippen molar-refractivity contribution in [1.29, 1.82) is 0 Å². The predicted molar refractivity (Wildman–Crippen MR) is 65.2 cm³/mol. The molecular formula is C11H13N3O2S. The van der Waals surface area contributed by atoms with Gasteiger partial charge in [0.05, 0.1) is 12.6 Å². The Kier molecular flexibility index (Phi) is 3.26. The second-order valence-electron chi connectivity index (χ2n) is 3.73. The molecule has 0 amide bonds. The normalized spacial score (nSPS) is 11.6. The molecule has 0 saturated heterocycles. The molecule has 0 spiro atoms. The molecule has 1 heterocycles. The molecule has 0 unspecified atom stereocenters. The van der Waals surface area contributed by atoms with Gasteiger partial charge in [-0.05, 0) is 17.7 Å². The molecule has 90 valence electrons. The summed E-state index contributed by atoms with van der Waals surface area (Å²) >= 11 is 0. The van der Waals surface area contributed by atoms with Crippen LogP contribution in [-0.2, 0) is 16.6 Å². The SMILES string of the molecule is CS(=O)(=O)NCc1ccc(-n2ccnc2)cc1. The third kappa shape index (κ3) is 3.40. The summed E-state index contributed by atoms with van der Waals surface area (Å²) in [6, 6.07) is 7.60. The molecule has 0 fully saturated rings. The molecule has 2 rings (SSSR count). The van der Waals surface area contributed by atoms with Gasteiger partial charge < -0.3 is 4.57 Å². The zero-order valence-corrected chi connectivity index (χ0v) is 10.2. The van der Waals surface area contributed by atoms with Crippen LogP contribution < -0.4 is 4.72 Å². The maximum Gasteiger partial charge on any atom is 0.209 e. The van der Waals surface area contributed by atoms with Gasteiger partial charge in [-0.1, -0.05) is 12.1 Å². The average molecular weight is 251 g/mol. The van der Waals surface area contributed by atoms with E-state index >= 15 is 0 Å². The Morgan fingerprint density at radius 1 is 1.29 bits per heavy atom. The van der Waals surface area contributed by atoms with Crippen molar-refractivity contribution in [1.82, 2.24) is 14.3 Å². The van der Waals surface area contributed by atoms with Crippen LogP contribution in [0.4, 0.5) is 0 Å². The van der Waals surface area contributed by atoms with Gasteiger partial charge in [0.15, 0.2) is 0 Å². The molecule has 0 aliphatic heterocycles. The fourth-order valence-corrected chi connectivity index (χ4v) is 1.84. The van der Waals surface area contributed by atoms with E-state index in [0.29, 0.717) is 6.54 Å². The molecule has 2 aromatic rings. The van der Waals surface area contributed by atoms with Crippen molar-refractivity contribution in [2.75, 3.05) is 6.26 Å². The van der Waals surface area contributed by atoms with Crippen LogP contribution in [0.1, 0.15) is 5.56 Å². The van der Waals surface area contributed by atoms with Crippen LogP contribution in [0.2, 0.25) is 0 Å². The molecule has 6 heteroatoms. The van der Waals surface area contributed by atoms with Gasteiger partial charge in [0.2, 0.25) is 10.0 Å². The second kappa shape index (κ2) is 4.68. The van der Waals surface area contributed by atoms with Gasteiger partial charge in [-0.25, -0.2) is 18.1 Å². The summed E-state index contributed by atoms with van der Waals surface area (Å²) in [5.41, 5.74) is 1.91. The highest BCUT2D eigenvalue weighted by Gasteiger charge is 2.01. The highest BCUT2D eigenvalue weighted by molar-refractivity contribution is 7.88. The lowest BCUT2D eigenvalue weighted by atomic mass is 10.2. The topological polar surface area (TPSA) is 64.0 Å². The summed E-state index contributed by atoms with van der Waals surface area (Å²) in [7, 11) is -3.14. The lowest BCUT2D eigenvalue weighted by Crippen LogP contribution is -2.21. The van der Waals surface area contributed by atoms with E-state index in [0.717, 1.165) is 17.5 Å². The first-order valence-electron chi connectivity index (χ1n) is 5.06. The number of hydrogen-bond donors (Lipinski definition) is 1. The van der Waals surface area contributed by atoms with Gasteiger partial charge in [-0.2, -0.15) is 0 Å². The van der Waals surface area contributed by atoms with Crippen molar-refractivity contribution in [3.05, 3.63) is 48.5 Å². The number of sulfonamides is 1. The van der Waals surface area contributed by atoms with E-state index < -0.39 is 10.0 Å². The van der Waals surface area contributed by atoms with Crippen molar-refractivity contribution in [2.24, 2.45) is 0 Å². The standard InChI is InChI=1S/C11H13N3O2S/c1-17(15,16)13-8-10-2-4-11(5-3-10)14-7-6-12-9-14/h2-7,9,13H,8H2,1H3. The smallest absolute Gasteiger partial charge is 0.209 e. The number of benzene rings is 1. The molecule has 0 atom stereocenters. The Hall–Kier alpha value is -1.66. The summed E-state index contributed by atoms with van der Waals surface area (Å²) in [5.74, 6) is 0. The van der Waals surface area contributed by atoms with E-state index in [1.807, 2.05) is 35.0 Å². The Balaban J connectivity index is 2.09. The third-order valence-corrected chi connectivity index (χ3v) is 2.95. The monoisotopic (exact) mass is 251 g/mol. The van der Waals surface area contributed by atoms with E-state index in [1.54, 1.807) is 12.5 Å². The highest BCUT2D eigenvalue weighted by Crippen LogP contribution is 2.09. The van der Waals surface area contributed by atoms with Crippen molar-refractivity contribution in [3.8, 4) is 5.69 Å². The summed E-state index contributed by atoms with van der Waals surface area (Å²) in [4.78, 5) is 3.96. The minimum atomic E-state index is -3.14.